The molecule has 1 unspecified atom stereocenters. The zero-order valence-electron chi connectivity index (χ0n) is 12.0. The Morgan fingerprint density at radius 3 is 2.22 bits per heavy atom. The van der Waals surface area contributed by atoms with Gasteiger partial charge < -0.3 is 5.32 Å². The van der Waals surface area contributed by atoms with E-state index in [1.54, 1.807) is 6.07 Å². The number of rotatable bonds is 4. The first-order chi connectivity index (χ1) is 8.28. The van der Waals surface area contributed by atoms with E-state index < -0.39 is 0 Å². The van der Waals surface area contributed by atoms with Gasteiger partial charge in [0.05, 0.1) is 0 Å². The molecule has 0 radical (unpaired) electrons. The van der Waals surface area contributed by atoms with Crippen molar-refractivity contribution in [1.82, 2.24) is 5.32 Å². The van der Waals surface area contributed by atoms with Crippen LogP contribution < -0.4 is 5.32 Å². The zero-order chi connectivity index (χ0) is 13.6. The van der Waals surface area contributed by atoms with Gasteiger partial charge in [-0.1, -0.05) is 45.9 Å². The van der Waals surface area contributed by atoms with E-state index in [1.165, 1.54) is 6.07 Å². The van der Waals surface area contributed by atoms with Gasteiger partial charge in [0.2, 0.25) is 0 Å². The lowest BCUT2D eigenvalue weighted by atomic mass is 10.0. The Balaban J connectivity index is 1.95. The molecule has 0 heterocycles. The molecule has 18 heavy (non-hydrogen) atoms. The molecule has 1 fully saturated rings. The van der Waals surface area contributed by atoms with Crippen molar-refractivity contribution in [2.24, 2.45) is 16.7 Å². The highest BCUT2D eigenvalue weighted by molar-refractivity contribution is 5.21. The van der Waals surface area contributed by atoms with E-state index >= 15 is 0 Å². The number of halogens is 1. The summed E-state index contributed by atoms with van der Waals surface area (Å²) in [6, 6.07) is 7.08. The van der Waals surface area contributed by atoms with E-state index in [0.29, 0.717) is 16.7 Å². The van der Waals surface area contributed by atoms with E-state index in [2.05, 4.69) is 33.0 Å². The average Bonchev–Trinajstić information content (AvgIpc) is 2.67. The van der Waals surface area contributed by atoms with Crippen LogP contribution >= 0.6 is 0 Å². The molecule has 1 nitrogen and oxygen atoms in total. The minimum absolute atomic E-state index is 0.0680. The van der Waals surface area contributed by atoms with E-state index in [-0.39, 0.29) is 11.9 Å². The van der Waals surface area contributed by atoms with Crippen LogP contribution in [-0.2, 0) is 0 Å². The molecule has 0 amide bonds. The molecular formula is C16H24FN. The van der Waals surface area contributed by atoms with Crippen molar-refractivity contribution in [2.75, 3.05) is 6.54 Å². The molecule has 1 N–H and O–H groups in total. The van der Waals surface area contributed by atoms with Crippen molar-refractivity contribution in [3.63, 3.8) is 0 Å². The van der Waals surface area contributed by atoms with Crippen LogP contribution in [0.25, 0.3) is 0 Å². The molecular weight excluding hydrogens is 225 g/mol. The minimum Gasteiger partial charge on any atom is -0.310 e. The third-order valence-corrected chi connectivity index (χ3v) is 5.32. The van der Waals surface area contributed by atoms with Gasteiger partial charge in [0.25, 0.3) is 0 Å². The van der Waals surface area contributed by atoms with Gasteiger partial charge in [-0.25, -0.2) is 4.39 Å². The molecule has 2 heteroatoms. The topological polar surface area (TPSA) is 12.0 Å². The summed E-state index contributed by atoms with van der Waals surface area (Å²) < 4.78 is 13.6. The van der Waals surface area contributed by atoms with Gasteiger partial charge >= 0.3 is 0 Å². The van der Waals surface area contributed by atoms with Gasteiger partial charge in [-0.15, -0.1) is 0 Å². The van der Waals surface area contributed by atoms with Crippen LogP contribution in [0, 0.1) is 22.6 Å². The summed E-state index contributed by atoms with van der Waals surface area (Å²) in [5.74, 6) is 0.547. The fourth-order valence-electron chi connectivity index (χ4n) is 3.07. The second-order valence-corrected chi connectivity index (χ2v) is 6.65. The lowest BCUT2D eigenvalue weighted by molar-refractivity contribution is 0.457. The molecule has 1 aliphatic rings. The standard InChI is InChI=1S/C16H24FN/c1-11(12-8-6-7-9-13(12)17)18-10-14-15(2,3)16(14,4)5/h6-9,11,14,18H,10H2,1-5H3. The summed E-state index contributed by atoms with van der Waals surface area (Å²) in [5, 5.41) is 3.47. The molecule has 2 rings (SSSR count). The number of hydrogen-bond acceptors (Lipinski definition) is 1. The van der Waals surface area contributed by atoms with Crippen molar-refractivity contribution in [3.05, 3.63) is 35.6 Å². The third kappa shape index (κ3) is 2.07. The molecule has 100 valence electrons. The molecule has 1 aromatic rings. The largest absolute Gasteiger partial charge is 0.310 e. The first-order valence-corrected chi connectivity index (χ1v) is 6.76. The summed E-state index contributed by atoms with van der Waals surface area (Å²) in [6.45, 7) is 12.2. The van der Waals surface area contributed by atoms with Gasteiger partial charge in [0, 0.05) is 11.6 Å². The Hall–Kier alpha value is -0.890. The normalized spacial score (nSPS) is 22.8. The van der Waals surface area contributed by atoms with Crippen molar-refractivity contribution in [2.45, 2.75) is 40.7 Å². The second kappa shape index (κ2) is 4.34. The van der Waals surface area contributed by atoms with E-state index in [9.17, 15) is 4.39 Å². The Morgan fingerprint density at radius 2 is 1.72 bits per heavy atom. The third-order valence-electron chi connectivity index (χ3n) is 5.32. The first-order valence-electron chi connectivity index (χ1n) is 6.76. The molecule has 1 aliphatic carbocycles. The van der Waals surface area contributed by atoms with Crippen LogP contribution in [0.2, 0.25) is 0 Å². The SMILES string of the molecule is CC(NCC1C(C)(C)C1(C)C)c1ccccc1F. The maximum atomic E-state index is 13.6. The van der Waals surface area contributed by atoms with Gasteiger partial charge in [-0.2, -0.15) is 0 Å². The van der Waals surface area contributed by atoms with E-state index in [4.69, 9.17) is 0 Å². The second-order valence-electron chi connectivity index (χ2n) is 6.65. The van der Waals surface area contributed by atoms with Crippen LogP contribution in [0.1, 0.15) is 46.2 Å². The molecule has 0 bridgehead atoms. The monoisotopic (exact) mass is 249 g/mol. The van der Waals surface area contributed by atoms with Gasteiger partial charge in [0.15, 0.2) is 0 Å². The lowest BCUT2D eigenvalue weighted by Crippen LogP contribution is -2.23. The summed E-state index contributed by atoms with van der Waals surface area (Å²) >= 11 is 0. The van der Waals surface area contributed by atoms with Crippen LogP contribution in [0.15, 0.2) is 24.3 Å². The van der Waals surface area contributed by atoms with Crippen LogP contribution in [0.3, 0.4) is 0 Å². The van der Waals surface area contributed by atoms with Crippen LogP contribution in [0.5, 0.6) is 0 Å². The summed E-state index contributed by atoms with van der Waals surface area (Å²) in [7, 11) is 0. The number of nitrogens with one attached hydrogen (secondary N) is 1. The van der Waals surface area contributed by atoms with Gasteiger partial charge in [-0.3, -0.25) is 0 Å². The van der Waals surface area contributed by atoms with Crippen LogP contribution in [0.4, 0.5) is 4.39 Å². The van der Waals surface area contributed by atoms with Crippen LogP contribution in [-0.4, -0.2) is 6.54 Å². The van der Waals surface area contributed by atoms with Crippen molar-refractivity contribution in [3.8, 4) is 0 Å². The molecule has 0 aromatic heterocycles. The number of benzene rings is 1. The maximum Gasteiger partial charge on any atom is 0.127 e. The Morgan fingerprint density at radius 1 is 1.17 bits per heavy atom. The zero-order valence-corrected chi connectivity index (χ0v) is 12.0. The quantitative estimate of drug-likeness (QED) is 0.845. The fourth-order valence-corrected chi connectivity index (χ4v) is 3.07. The molecule has 0 saturated heterocycles. The maximum absolute atomic E-state index is 13.6. The lowest BCUT2D eigenvalue weighted by Gasteiger charge is -2.15. The Labute approximate surface area is 110 Å². The molecule has 0 aliphatic heterocycles. The van der Waals surface area contributed by atoms with E-state index in [1.807, 2.05) is 19.1 Å². The summed E-state index contributed by atoms with van der Waals surface area (Å²) in [5.41, 5.74) is 1.53. The minimum atomic E-state index is -0.119. The van der Waals surface area contributed by atoms with Gasteiger partial charge in [-0.05, 0) is 36.3 Å². The van der Waals surface area contributed by atoms with Gasteiger partial charge in [0.1, 0.15) is 5.82 Å². The van der Waals surface area contributed by atoms with Crippen molar-refractivity contribution < 1.29 is 4.39 Å². The highest BCUT2D eigenvalue weighted by Gasteiger charge is 2.63. The summed E-state index contributed by atoms with van der Waals surface area (Å²) in [4.78, 5) is 0. The molecule has 0 spiro atoms. The fraction of sp³-hybridized carbons (Fsp3) is 0.625. The predicted molar refractivity (Wildman–Crippen MR) is 73.9 cm³/mol. The summed E-state index contributed by atoms with van der Waals surface area (Å²) in [6.07, 6.45) is 0. The molecule has 1 atom stereocenters. The highest BCUT2D eigenvalue weighted by atomic mass is 19.1. The van der Waals surface area contributed by atoms with Crippen molar-refractivity contribution >= 4 is 0 Å². The van der Waals surface area contributed by atoms with Crippen molar-refractivity contribution in [1.29, 1.82) is 0 Å². The predicted octanol–water partition coefficient (Wildman–Crippen LogP) is 4.16. The molecule has 1 saturated carbocycles. The number of hydrogen-bond donors (Lipinski definition) is 1. The first kappa shape index (κ1) is 13.5. The Kier molecular flexibility index (Phi) is 3.26. The average molecular weight is 249 g/mol. The Bertz CT molecular complexity index is 422. The highest BCUT2D eigenvalue weighted by Crippen LogP contribution is 2.68. The van der Waals surface area contributed by atoms with E-state index in [0.717, 1.165) is 12.1 Å². The molecule has 1 aromatic carbocycles. The smallest absolute Gasteiger partial charge is 0.127 e.